The average Bonchev–Trinajstić information content (AvgIpc) is 2.61. The number of amides is 1. The van der Waals surface area contributed by atoms with Gasteiger partial charge in [-0.2, -0.15) is 0 Å². The molecule has 0 bridgehead atoms. The SMILES string of the molecule is COc1ccc(/C=C/C(=O)NC(=S)Nc2ccccc2F)cc1OC. The lowest BCUT2D eigenvalue weighted by Gasteiger charge is -2.09. The smallest absolute Gasteiger partial charge is 0.250 e. The van der Waals surface area contributed by atoms with Crippen LogP contribution >= 0.6 is 12.2 Å². The van der Waals surface area contributed by atoms with Crippen molar-refractivity contribution >= 4 is 35.0 Å². The molecule has 0 fully saturated rings. The molecule has 0 unspecified atom stereocenters. The summed E-state index contributed by atoms with van der Waals surface area (Å²) in [5, 5.41) is 5.08. The highest BCUT2D eigenvalue weighted by atomic mass is 32.1. The molecule has 2 aromatic carbocycles. The van der Waals surface area contributed by atoms with E-state index in [2.05, 4.69) is 10.6 Å². The van der Waals surface area contributed by atoms with Crippen LogP contribution < -0.4 is 20.1 Å². The normalized spacial score (nSPS) is 10.4. The minimum Gasteiger partial charge on any atom is -0.493 e. The Labute approximate surface area is 150 Å². The molecule has 7 heteroatoms. The number of hydrogen-bond donors (Lipinski definition) is 2. The van der Waals surface area contributed by atoms with Crippen LogP contribution in [0.15, 0.2) is 48.5 Å². The molecule has 0 radical (unpaired) electrons. The van der Waals surface area contributed by atoms with Crippen molar-refractivity contribution in [2.45, 2.75) is 0 Å². The summed E-state index contributed by atoms with van der Waals surface area (Å²) in [6, 6.07) is 11.3. The van der Waals surface area contributed by atoms with Crippen LogP contribution in [0.4, 0.5) is 10.1 Å². The molecule has 25 heavy (non-hydrogen) atoms. The van der Waals surface area contributed by atoms with Crippen LogP contribution in [0.3, 0.4) is 0 Å². The number of carbonyl (C=O) groups is 1. The highest BCUT2D eigenvalue weighted by molar-refractivity contribution is 7.80. The Morgan fingerprint density at radius 1 is 1.12 bits per heavy atom. The van der Waals surface area contributed by atoms with Crippen molar-refractivity contribution < 1.29 is 18.7 Å². The number of hydrogen-bond acceptors (Lipinski definition) is 4. The first kappa shape index (κ1) is 18.4. The molecule has 0 aliphatic rings. The maximum atomic E-state index is 13.5. The van der Waals surface area contributed by atoms with Gasteiger partial charge in [-0.25, -0.2) is 4.39 Å². The van der Waals surface area contributed by atoms with Crippen molar-refractivity contribution in [2.75, 3.05) is 19.5 Å². The molecule has 0 heterocycles. The predicted octanol–water partition coefficient (Wildman–Crippen LogP) is 3.37. The van der Waals surface area contributed by atoms with Gasteiger partial charge in [0.05, 0.1) is 19.9 Å². The number of halogens is 1. The lowest BCUT2D eigenvalue weighted by Crippen LogP contribution is -2.33. The number of benzene rings is 2. The van der Waals surface area contributed by atoms with Gasteiger partial charge in [-0.3, -0.25) is 10.1 Å². The first-order chi connectivity index (χ1) is 12.0. The summed E-state index contributed by atoms with van der Waals surface area (Å²) in [6.07, 6.45) is 2.92. The summed E-state index contributed by atoms with van der Waals surface area (Å²) < 4.78 is 23.9. The largest absolute Gasteiger partial charge is 0.493 e. The third-order valence-electron chi connectivity index (χ3n) is 3.19. The Bertz CT molecular complexity index is 809. The zero-order chi connectivity index (χ0) is 18.2. The van der Waals surface area contributed by atoms with Crippen molar-refractivity contribution in [1.82, 2.24) is 5.32 Å². The van der Waals surface area contributed by atoms with Crippen molar-refractivity contribution in [3.8, 4) is 11.5 Å². The van der Waals surface area contributed by atoms with Crippen LogP contribution in [0, 0.1) is 5.82 Å². The van der Waals surface area contributed by atoms with E-state index in [1.165, 1.54) is 25.3 Å². The Kier molecular flexibility index (Phi) is 6.47. The lowest BCUT2D eigenvalue weighted by atomic mass is 10.2. The van der Waals surface area contributed by atoms with Crippen LogP contribution in [0.25, 0.3) is 6.08 Å². The molecule has 0 atom stereocenters. The summed E-state index contributed by atoms with van der Waals surface area (Å²) in [7, 11) is 3.08. The number of anilines is 1. The topological polar surface area (TPSA) is 59.6 Å². The van der Waals surface area contributed by atoms with E-state index in [-0.39, 0.29) is 10.8 Å². The van der Waals surface area contributed by atoms with Gasteiger partial charge in [0.25, 0.3) is 0 Å². The number of nitrogens with one attached hydrogen (secondary N) is 2. The van der Waals surface area contributed by atoms with E-state index < -0.39 is 11.7 Å². The molecule has 0 saturated heterocycles. The van der Waals surface area contributed by atoms with E-state index in [0.717, 1.165) is 5.56 Å². The fourth-order valence-corrected chi connectivity index (χ4v) is 2.21. The second-order valence-electron chi connectivity index (χ2n) is 4.87. The Balaban J connectivity index is 1.96. The van der Waals surface area contributed by atoms with E-state index in [1.54, 1.807) is 43.5 Å². The highest BCUT2D eigenvalue weighted by Crippen LogP contribution is 2.27. The van der Waals surface area contributed by atoms with E-state index >= 15 is 0 Å². The van der Waals surface area contributed by atoms with E-state index in [9.17, 15) is 9.18 Å². The fourth-order valence-electron chi connectivity index (χ4n) is 2.00. The van der Waals surface area contributed by atoms with Gasteiger partial charge in [-0.1, -0.05) is 18.2 Å². The monoisotopic (exact) mass is 360 g/mol. The molecule has 130 valence electrons. The molecular formula is C18H17FN2O3S. The maximum Gasteiger partial charge on any atom is 0.250 e. The molecule has 2 rings (SSSR count). The number of methoxy groups -OCH3 is 2. The van der Waals surface area contributed by atoms with Gasteiger partial charge in [0.15, 0.2) is 16.6 Å². The second kappa shape index (κ2) is 8.79. The molecule has 1 amide bonds. The van der Waals surface area contributed by atoms with Crippen molar-refractivity contribution in [1.29, 1.82) is 0 Å². The zero-order valence-corrected chi connectivity index (χ0v) is 14.5. The zero-order valence-electron chi connectivity index (χ0n) is 13.7. The van der Waals surface area contributed by atoms with Crippen LogP contribution in [0.5, 0.6) is 11.5 Å². The van der Waals surface area contributed by atoms with E-state index in [0.29, 0.717) is 11.5 Å². The summed E-state index contributed by atoms with van der Waals surface area (Å²) in [5.74, 6) is 0.254. The molecule has 2 N–H and O–H groups in total. The number of ether oxygens (including phenoxy) is 2. The molecule has 0 aromatic heterocycles. The minimum atomic E-state index is -0.458. The number of thiocarbonyl (C=S) groups is 1. The van der Waals surface area contributed by atoms with Gasteiger partial charge >= 0.3 is 0 Å². The number of carbonyl (C=O) groups excluding carboxylic acids is 1. The van der Waals surface area contributed by atoms with Gasteiger partial charge in [-0.05, 0) is 48.1 Å². The average molecular weight is 360 g/mol. The van der Waals surface area contributed by atoms with Crippen LogP contribution in [0.2, 0.25) is 0 Å². The first-order valence-corrected chi connectivity index (χ1v) is 7.71. The molecule has 0 spiro atoms. The summed E-state index contributed by atoms with van der Waals surface area (Å²) in [5.41, 5.74) is 0.942. The van der Waals surface area contributed by atoms with Gasteiger partial charge in [-0.15, -0.1) is 0 Å². The quantitative estimate of drug-likeness (QED) is 0.632. The Morgan fingerprint density at radius 2 is 1.84 bits per heavy atom. The maximum absolute atomic E-state index is 13.5. The molecule has 0 aliphatic carbocycles. The van der Waals surface area contributed by atoms with Gasteiger partial charge < -0.3 is 14.8 Å². The third kappa shape index (κ3) is 5.29. The summed E-state index contributed by atoms with van der Waals surface area (Å²) in [6.45, 7) is 0. The Morgan fingerprint density at radius 3 is 2.52 bits per heavy atom. The highest BCUT2D eigenvalue weighted by Gasteiger charge is 2.06. The van der Waals surface area contributed by atoms with Gasteiger partial charge in [0, 0.05) is 6.08 Å². The lowest BCUT2D eigenvalue weighted by molar-refractivity contribution is -0.115. The fraction of sp³-hybridized carbons (Fsp3) is 0.111. The third-order valence-corrected chi connectivity index (χ3v) is 3.40. The number of para-hydroxylation sites is 1. The van der Waals surface area contributed by atoms with Crippen LogP contribution in [-0.4, -0.2) is 25.2 Å². The van der Waals surface area contributed by atoms with Crippen molar-refractivity contribution in [3.63, 3.8) is 0 Å². The van der Waals surface area contributed by atoms with Crippen molar-refractivity contribution in [2.24, 2.45) is 0 Å². The minimum absolute atomic E-state index is 0.00654. The first-order valence-electron chi connectivity index (χ1n) is 7.30. The van der Waals surface area contributed by atoms with E-state index in [4.69, 9.17) is 21.7 Å². The molecule has 2 aromatic rings. The van der Waals surface area contributed by atoms with Crippen LogP contribution in [-0.2, 0) is 4.79 Å². The van der Waals surface area contributed by atoms with Crippen molar-refractivity contribution in [3.05, 3.63) is 59.9 Å². The molecule has 0 saturated carbocycles. The molecular weight excluding hydrogens is 343 g/mol. The second-order valence-corrected chi connectivity index (χ2v) is 5.28. The predicted molar refractivity (Wildman–Crippen MR) is 99.3 cm³/mol. The van der Waals surface area contributed by atoms with Gasteiger partial charge in [0.2, 0.25) is 5.91 Å². The summed E-state index contributed by atoms with van der Waals surface area (Å²) in [4.78, 5) is 11.9. The standard InChI is InChI=1S/C18H17FN2O3S/c1-23-15-9-7-12(11-16(15)24-2)8-10-17(22)21-18(25)20-14-6-4-3-5-13(14)19/h3-11H,1-2H3,(H2,20,21,22,25)/b10-8+. The molecule has 0 aliphatic heterocycles. The van der Waals surface area contributed by atoms with Gasteiger partial charge in [0.1, 0.15) is 5.82 Å². The molecule has 5 nitrogen and oxygen atoms in total. The number of rotatable bonds is 5. The van der Waals surface area contributed by atoms with Crippen LogP contribution in [0.1, 0.15) is 5.56 Å². The summed E-state index contributed by atoms with van der Waals surface area (Å²) >= 11 is 5.00. The van der Waals surface area contributed by atoms with E-state index in [1.807, 2.05) is 0 Å². The Hall–Kier alpha value is -2.93.